The number of ether oxygens (including phenoxy) is 2. The van der Waals surface area contributed by atoms with E-state index in [0.29, 0.717) is 28.9 Å². The number of hydrogen-bond acceptors (Lipinski definition) is 5. The molecule has 0 N–H and O–H groups in total. The van der Waals surface area contributed by atoms with E-state index in [1.54, 1.807) is 13.0 Å². The summed E-state index contributed by atoms with van der Waals surface area (Å²) in [5, 5.41) is 0.782. The van der Waals surface area contributed by atoms with Gasteiger partial charge in [0.1, 0.15) is 5.60 Å². The normalized spacial score (nSPS) is 12.4. The highest BCUT2D eigenvalue weighted by molar-refractivity contribution is 5.87. The first kappa shape index (κ1) is 26.3. The molecule has 0 bridgehead atoms. The van der Waals surface area contributed by atoms with E-state index in [4.69, 9.17) is 13.9 Å². The van der Waals surface area contributed by atoms with Crippen LogP contribution in [0.25, 0.3) is 22.1 Å². The number of aryl methyl sites for hydroxylation is 1. The third kappa shape index (κ3) is 7.08. The van der Waals surface area contributed by atoms with Gasteiger partial charge in [-0.1, -0.05) is 62.7 Å². The molecule has 3 rings (SSSR count). The van der Waals surface area contributed by atoms with Gasteiger partial charge in [-0.05, 0) is 63.8 Å². The summed E-state index contributed by atoms with van der Waals surface area (Å²) < 4.78 is 17.4. The minimum absolute atomic E-state index is 0.293. The first-order chi connectivity index (χ1) is 16.6. The molecule has 0 aliphatic heterocycles. The van der Waals surface area contributed by atoms with Crippen molar-refractivity contribution in [3.63, 3.8) is 0 Å². The Morgan fingerprint density at radius 3 is 2.49 bits per heavy atom. The molecule has 5 heteroatoms. The average molecular weight is 477 g/mol. The lowest BCUT2D eigenvalue weighted by atomic mass is 10.0. The maximum absolute atomic E-state index is 12.9. The Kier molecular flexibility index (Phi) is 8.55. The summed E-state index contributed by atoms with van der Waals surface area (Å²) in [7, 11) is 0. The number of esters is 1. The van der Waals surface area contributed by atoms with Gasteiger partial charge in [0.05, 0.1) is 11.7 Å². The zero-order chi connectivity index (χ0) is 25.6. The van der Waals surface area contributed by atoms with Gasteiger partial charge in [-0.2, -0.15) is 0 Å². The number of hydrogen-bond donors (Lipinski definition) is 0. The smallest absolute Gasteiger partial charge is 0.344 e. The molecule has 186 valence electrons. The summed E-state index contributed by atoms with van der Waals surface area (Å²) in [4.78, 5) is 24.8. The lowest BCUT2D eigenvalue weighted by molar-refractivity contribution is -0.153. The Morgan fingerprint density at radius 2 is 1.83 bits per heavy atom. The number of carbonyl (C=O) groups excluding carboxylic acids is 1. The van der Waals surface area contributed by atoms with Crippen molar-refractivity contribution < 1.29 is 18.7 Å². The van der Waals surface area contributed by atoms with E-state index in [9.17, 15) is 9.59 Å². The van der Waals surface area contributed by atoms with Crippen molar-refractivity contribution in [2.45, 2.75) is 78.4 Å². The van der Waals surface area contributed by atoms with Crippen molar-refractivity contribution in [1.29, 1.82) is 0 Å². The third-order valence-corrected chi connectivity index (χ3v) is 5.88. The number of unbranched alkanes of at least 4 members (excludes halogenated alkanes) is 2. The maximum atomic E-state index is 12.9. The second kappa shape index (κ2) is 11.4. The minimum atomic E-state index is -0.739. The maximum Gasteiger partial charge on any atom is 0.344 e. The van der Waals surface area contributed by atoms with Crippen molar-refractivity contribution in [3.8, 4) is 16.9 Å². The molecule has 1 atom stereocenters. The van der Waals surface area contributed by atoms with E-state index in [1.165, 1.54) is 24.8 Å². The largest absolute Gasteiger partial charge is 0.487 e. The van der Waals surface area contributed by atoms with E-state index in [1.807, 2.05) is 51.1 Å². The lowest BCUT2D eigenvalue weighted by Crippen LogP contribution is -2.33. The fourth-order valence-electron chi connectivity index (χ4n) is 4.17. The molecule has 0 saturated carbocycles. The highest BCUT2D eigenvalue weighted by Gasteiger charge is 2.27. The van der Waals surface area contributed by atoms with Crippen LogP contribution in [-0.2, 0) is 16.0 Å². The predicted molar refractivity (Wildman–Crippen MR) is 141 cm³/mol. The number of fused-ring (bicyclic) bond motifs is 1. The van der Waals surface area contributed by atoms with E-state index in [0.717, 1.165) is 17.4 Å². The van der Waals surface area contributed by atoms with Crippen molar-refractivity contribution in [1.82, 2.24) is 0 Å². The molecular formula is C30H36O5. The first-order valence-corrected chi connectivity index (χ1v) is 12.3. The van der Waals surface area contributed by atoms with E-state index < -0.39 is 17.2 Å². The molecule has 5 nitrogen and oxygen atoms in total. The van der Waals surface area contributed by atoms with Crippen LogP contribution in [0, 0.1) is 0 Å². The summed E-state index contributed by atoms with van der Waals surface area (Å²) in [5.41, 5.74) is 2.24. The third-order valence-electron chi connectivity index (χ3n) is 5.88. The quantitative estimate of drug-likeness (QED) is 0.126. The zero-order valence-corrected chi connectivity index (χ0v) is 21.5. The average Bonchev–Trinajstić information content (AvgIpc) is 2.79. The Bertz CT molecular complexity index is 1230. The molecule has 0 radical (unpaired) electrons. The molecule has 1 unspecified atom stereocenters. The number of para-hydroxylation sites is 1. The topological polar surface area (TPSA) is 65.7 Å². The van der Waals surface area contributed by atoms with Gasteiger partial charge in [0.25, 0.3) is 0 Å². The Morgan fingerprint density at radius 1 is 1.11 bits per heavy atom. The van der Waals surface area contributed by atoms with E-state index in [2.05, 4.69) is 25.6 Å². The van der Waals surface area contributed by atoms with Crippen molar-refractivity contribution in [2.24, 2.45) is 0 Å². The Balaban J connectivity index is 1.79. The molecular weight excluding hydrogens is 440 g/mol. The van der Waals surface area contributed by atoms with Crippen molar-refractivity contribution >= 4 is 16.9 Å². The summed E-state index contributed by atoms with van der Waals surface area (Å²) in [6.45, 7) is 13.0. The molecule has 35 heavy (non-hydrogen) atoms. The Labute approximate surface area is 207 Å². The van der Waals surface area contributed by atoms with Gasteiger partial charge >= 0.3 is 11.6 Å². The van der Waals surface area contributed by atoms with Crippen molar-refractivity contribution in [3.05, 3.63) is 76.7 Å². The highest BCUT2D eigenvalue weighted by atomic mass is 16.6. The summed E-state index contributed by atoms with van der Waals surface area (Å²) in [6.07, 6.45) is 4.79. The molecule has 0 aliphatic rings. The van der Waals surface area contributed by atoms with Crippen LogP contribution in [-0.4, -0.2) is 17.7 Å². The van der Waals surface area contributed by atoms with Crippen LogP contribution in [0.1, 0.15) is 65.9 Å². The summed E-state index contributed by atoms with van der Waals surface area (Å²) >= 11 is 0. The van der Waals surface area contributed by atoms with Gasteiger partial charge in [0.2, 0.25) is 0 Å². The van der Waals surface area contributed by atoms with Crippen LogP contribution in [0.4, 0.5) is 0 Å². The predicted octanol–water partition coefficient (Wildman–Crippen LogP) is 7.25. The second-order valence-corrected chi connectivity index (χ2v) is 9.84. The lowest BCUT2D eigenvalue weighted by Gasteiger charge is -2.28. The number of carbonyl (C=O) groups is 1. The van der Waals surface area contributed by atoms with E-state index in [-0.39, 0.29) is 6.10 Å². The van der Waals surface area contributed by atoms with Crippen LogP contribution in [0.5, 0.6) is 5.75 Å². The molecule has 0 spiro atoms. The minimum Gasteiger partial charge on any atom is -0.487 e. The fraction of sp³-hybridized carbons (Fsp3) is 0.400. The molecule has 2 aromatic carbocycles. The fourth-order valence-corrected chi connectivity index (χ4v) is 4.17. The van der Waals surface area contributed by atoms with Gasteiger partial charge in [0, 0.05) is 17.4 Å². The molecule has 1 aromatic heterocycles. The molecule has 0 amide bonds. The zero-order valence-electron chi connectivity index (χ0n) is 21.5. The number of rotatable bonds is 11. The molecule has 0 fully saturated rings. The molecule has 0 aliphatic carbocycles. The molecule has 1 heterocycles. The SMILES string of the molecule is C=C(C)C(=O)OC(C)(C)CC(C)Oc1cccc2cc(-c3ccc(CCCCC)cc3)c(=O)oc12. The first-order valence-electron chi connectivity index (χ1n) is 12.3. The van der Waals surface area contributed by atoms with Gasteiger partial charge in [-0.25, -0.2) is 9.59 Å². The van der Waals surface area contributed by atoms with Crippen LogP contribution in [0.15, 0.2) is 69.9 Å². The van der Waals surface area contributed by atoms with E-state index >= 15 is 0 Å². The van der Waals surface area contributed by atoms with Crippen LogP contribution in [0.3, 0.4) is 0 Å². The van der Waals surface area contributed by atoms with Crippen molar-refractivity contribution in [2.75, 3.05) is 0 Å². The summed E-state index contributed by atoms with van der Waals surface area (Å²) in [5.74, 6) is 0.0480. The van der Waals surface area contributed by atoms with Gasteiger partial charge in [-0.3, -0.25) is 0 Å². The summed E-state index contributed by atoms with van der Waals surface area (Å²) in [6, 6.07) is 15.5. The van der Waals surface area contributed by atoms with Crippen LogP contribution < -0.4 is 10.4 Å². The van der Waals surface area contributed by atoms with Crippen LogP contribution >= 0.6 is 0 Å². The molecule has 3 aromatic rings. The molecule has 0 saturated heterocycles. The number of benzene rings is 2. The monoisotopic (exact) mass is 476 g/mol. The second-order valence-electron chi connectivity index (χ2n) is 9.84. The van der Waals surface area contributed by atoms with Gasteiger partial charge in [0.15, 0.2) is 11.3 Å². The van der Waals surface area contributed by atoms with Crippen LogP contribution in [0.2, 0.25) is 0 Å². The highest BCUT2D eigenvalue weighted by Crippen LogP contribution is 2.30. The Hall–Kier alpha value is -3.34. The standard InChI is InChI=1S/C30H36O5/c1-7-8-9-11-22-14-16-23(17-15-22)25-18-24-12-10-13-26(27(24)34-29(25)32)33-21(4)19-30(5,6)35-28(31)20(2)3/h10,12-18,21H,2,7-9,11,19H2,1,3-6H3. The van der Waals surface area contributed by atoms with Gasteiger partial charge in [-0.15, -0.1) is 0 Å². The van der Waals surface area contributed by atoms with Gasteiger partial charge < -0.3 is 13.9 Å².